The standard InChI is InChI=1S/C21H23N3O3S/c1-4-24(17-8-6-5-7-9-17)20(25)16(3)28-21-23-22-19(27-21)14-26-18-12-10-15(2)11-13-18/h5-13,16H,4,14H2,1-3H3/t16-/m1/s1. The van der Waals surface area contributed by atoms with Crippen LogP contribution in [0.1, 0.15) is 25.3 Å². The third-order valence-electron chi connectivity index (χ3n) is 4.11. The lowest BCUT2D eigenvalue weighted by Gasteiger charge is -2.23. The molecule has 3 aromatic rings. The van der Waals surface area contributed by atoms with Gasteiger partial charge in [0.25, 0.3) is 11.1 Å². The highest BCUT2D eigenvalue weighted by molar-refractivity contribution is 8.00. The summed E-state index contributed by atoms with van der Waals surface area (Å²) in [5.41, 5.74) is 2.04. The van der Waals surface area contributed by atoms with Crippen molar-refractivity contribution in [2.24, 2.45) is 0 Å². The summed E-state index contributed by atoms with van der Waals surface area (Å²) in [6.07, 6.45) is 0. The fourth-order valence-electron chi connectivity index (χ4n) is 2.62. The topological polar surface area (TPSA) is 68.5 Å². The molecule has 0 bridgehead atoms. The molecule has 1 aromatic heterocycles. The van der Waals surface area contributed by atoms with E-state index in [9.17, 15) is 4.79 Å². The largest absolute Gasteiger partial charge is 0.484 e. The summed E-state index contributed by atoms with van der Waals surface area (Å²) in [6.45, 7) is 6.59. The molecule has 1 amide bonds. The first-order valence-electron chi connectivity index (χ1n) is 9.11. The second kappa shape index (κ2) is 9.41. The summed E-state index contributed by atoms with van der Waals surface area (Å²) < 4.78 is 11.3. The van der Waals surface area contributed by atoms with Crippen molar-refractivity contribution in [1.29, 1.82) is 0 Å². The molecule has 0 unspecified atom stereocenters. The van der Waals surface area contributed by atoms with Gasteiger partial charge in [0.2, 0.25) is 5.91 Å². The molecule has 0 aliphatic heterocycles. The average Bonchev–Trinajstić information content (AvgIpc) is 3.16. The molecule has 0 N–H and O–H groups in total. The number of aryl methyl sites for hydroxylation is 1. The first kappa shape index (κ1) is 19.9. The quantitative estimate of drug-likeness (QED) is 0.522. The molecule has 0 saturated carbocycles. The number of ether oxygens (including phenoxy) is 1. The molecule has 0 fully saturated rings. The average molecular weight is 398 g/mol. The van der Waals surface area contributed by atoms with E-state index in [4.69, 9.17) is 9.15 Å². The number of anilines is 1. The van der Waals surface area contributed by atoms with Crippen molar-refractivity contribution in [3.05, 3.63) is 66.1 Å². The third-order valence-corrected chi connectivity index (χ3v) is 5.03. The molecule has 0 saturated heterocycles. The summed E-state index contributed by atoms with van der Waals surface area (Å²) in [5, 5.41) is 8.01. The maximum Gasteiger partial charge on any atom is 0.277 e. The van der Waals surface area contributed by atoms with Gasteiger partial charge >= 0.3 is 0 Å². The van der Waals surface area contributed by atoms with Crippen LogP contribution in [0.3, 0.4) is 0 Å². The SMILES string of the molecule is CCN(C(=O)[C@@H](C)Sc1nnc(COc2ccc(C)cc2)o1)c1ccccc1. The maximum atomic E-state index is 12.8. The molecule has 6 nitrogen and oxygen atoms in total. The number of hydrogen-bond donors (Lipinski definition) is 0. The van der Waals surface area contributed by atoms with Gasteiger partial charge in [0.05, 0.1) is 5.25 Å². The molecule has 0 aliphatic carbocycles. The van der Waals surface area contributed by atoms with Gasteiger partial charge in [-0.2, -0.15) is 0 Å². The van der Waals surface area contributed by atoms with Crippen LogP contribution >= 0.6 is 11.8 Å². The Morgan fingerprint density at radius 2 is 1.86 bits per heavy atom. The smallest absolute Gasteiger partial charge is 0.277 e. The highest BCUT2D eigenvalue weighted by Gasteiger charge is 2.24. The molecule has 0 spiro atoms. The number of carbonyl (C=O) groups is 1. The van der Waals surface area contributed by atoms with E-state index >= 15 is 0 Å². The Labute approximate surface area is 168 Å². The van der Waals surface area contributed by atoms with E-state index in [-0.39, 0.29) is 17.8 Å². The van der Waals surface area contributed by atoms with E-state index in [1.165, 1.54) is 17.3 Å². The fraction of sp³-hybridized carbons (Fsp3) is 0.286. The van der Waals surface area contributed by atoms with Gasteiger partial charge in [-0.15, -0.1) is 10.2 Å². The molecule has 0 radical (unpaired) electrons. The van der Waals surface area contributed by atoms with Crippen LogP contribution in [0.4, 0.5) is 5.69 Å². The van der Waals surface area contributed by atoms with Gasteiger partial charge in [0.1, 0.15) is 5.75 Å². The molecule has 0 aliphatic rings. The second-order valence-electron chi connectivity index (χ2n) is 6.24. The number of rotatable bonds is 8. The lowest BCUT2D eigenvalue weighted by Crippen LogP contribution is -2.36. The van der Waals surface area contributed by atoms with Gasteiger partial charge in [-0.1, -0.05) is 47.7 Å². The molecule has 3 rings (SSSR count). The molecule has 1 atom stereocenters. The minimum atomic E-state index is -0.355. The Kier molecular flexibility index (Phi) is 6.71. The second-order valence-corrected chi connectivity index (χ2v) is 7.53. The van der Waals surface area contributed by atoms with E-state index in [1.54, 1.807) is 4.90 Å². The van der Waals surface area contributed by atoms with Gasteiger partial charge in [-0.3, -0.25) is 4.79 Å². The van der Waals surface area contributed by atoms with Crippen molar-refractivity contribution in [3.8, 4) is 5.75 Å². The zero-order valence-electron chi connectivity index (χ0n) is 16.2. The van der Waals surface area contributed by atoms with Crippen molar-refractivity contribution in [1.82, 2.24) is 10.2 Å². The summed E-state index contributed by atoms with van der Waals surface area (Å²) in [4.78, 5) is 14.6. The van der Waals surface area contributed by atoms with E-state index in [1.807, 2.05) is 75.4 Å². The summed E-state index contributed by atoms with van der Waals surface area (Å²) in [5.74, 6) is 1.11. The predicted molar refractivity (Wildman–Crippen MR) is 110 cm³/mol. The number of benzene rings is 2. The summed E-state index contributed by atoms with van der Waals surface area (Å²) in [7, 11) is 0. The van der Waals surface area contributed by atoms with Crippen LogP contribution in [0.25, 0.3) is 0 Å². The molecule has 28 heavy (non-hydrogen) atoms. The van der Waals surface area contributed by atoms with Crippen molar-refractivity contribution in [2.45, 2.75) is 37.9 Å². The van der Waals surface area contributed by atoms with Crippen LogP contribution in [0.15, 0.2) is 64.2 Å². The van der Waals surface area contributed by atoms with E-state index in [0.29, 0.717) is 17.7 Å². The Morgan fingerprint density at radius 3 is 2.54 bits per heavy atom. The number of carbonyl (C=O) groups excluding carboxylic acids is 1. The Hall–Kier alpha value is -2.80. The molecular weight excluding hydrogens is 374 g/mol. The van der Waals surface area contributed by atoms with Crippen molar-refractivity contribution >= 4 is 23.4 Å². The molecular formula is C21H23N3O3S. The van der Waals surface area contributed by atoms with Crippen molar-refractivity contribution in [2.75, 3.05) is 11.4 Å². The number of nitrogens with zero attached hydrogens (tertiary/aromatic N) is 3. The monoisotopic (exact) mass is 397 g/mol. The summed E-state index contributed by atoms with van der Waals surface area (Å²) in [6, 6.07) is 17.4. The minimum absolute atomic E-state index is 0.00523. The number of thioether (sulfide) groups is 1. The van der Waals surface area contributed by atoms with Gasteiger partial charge < -0.3 is 14.1 Å². The highest BCUT2D eigenvalue weighted by Crippen LogP contribution is 2.25. The zero-order chi connectivity index (χ0) is 19.9. The van der Waals surface area contributed by atoms with E-state index in [2.05, 4.69) is 10.2 Å². The number of aromatic nitrogens is 2. The highest BCUT2D eigenvalue weighted by atomic mass is 32.2. The molecule has 7 heteroatoms. The van der Waals surface area contributed by atoms with Crippen LogP contribution < -0.4 is 9.64 Å². The number of hydrogen-bond acceptors (Lipinski definition) is 6. The summed E-state index contributed by atoms with van der Waals surface area (Å²) >= 11 is 1.25. The Balaban J connectivity index is 1.57. The Bertz CT molecular complexity index is 897. The lowest BCUT2D eigenvalue weighted by atomic mass is 10.2. The van der Waals surface area contributed by atoms with Crippen LogP contribution in [0.2, 0.25) is 0 Å². The zero-order valence-corrected chi connectivity index (χ0v) is 17.0. The van der Waals surface area contributed by atoms with Crippen LogP contribution in [-0.2, 0) is 11.4 Å². The Morgan fingerprint density at radius 1 is 1.14 bits per heavy atom. The van der Waals surface area contributed by atoms with Gasteiger partial charge in [0, 0.05) is 12.2 Å². The first-order valence-corrected chi connectivity index (χ1v) is 9.99. The normalized spacial score (nSPS) is 11.8. The third kappa shape index (κ3) is 5.13. The maximum absolute atomic E-state index is 12.8. The van der Waals surface area contributed by atoms with Crippen molar-refractivity contribution in [3.63, 3.8) is 0 Å². The van der Waals surface area contributed by atoms with Gasteiger partial charge in [-0.05, 0) is 45.0 Å². The van der Waals surface area contributed by atoms with Gasteiger partial charge in [-0.25, -0.2) is 0 Å². The minimum Gasteiger partial charge on any atom is -0.484 e. The molecule has 2 aromatic carbocycles. The van der Waals surface area contributed by atoms with E-state index in [0.717, 1.165) is 11.4 Å². The predicted octanol–water partition coefficient (Wildman–Crippen LogP) is 4.49. The fourth-order valence-corrected chi connectivity index (χ4v) is 3.38. The van der Waals surface area contributed by atoms with Crippen LogP contribution in [0.5, 0.6) is 5.75 Å². The van der Waals surface area contributed by atoms with E-state index < -0.39 is 0 Å². The number of amides is 1. The van der Waals surface area contributed by atoms with Crippen LogP contribution in [0, 0.1) is 6.92 Å². The first-order chi connectivity index (χ1) is 13.6. The number of para-hydroxylation sites is 1. The lowest BCUT2D eigenvalue weighted by molar-refractivity contribution is -0.117. The van der Waals surface area contributed by atoms with Crippen LogP contribution in [-0.4, -0.2) is 27.9 Å². The van der Waals surface area contributed by atoms with Crippen molar-refractivity contribution < 1.29 is 13.9 Å². The van der Waals surface area contributed by atoms with Gasteiger partial charge in [0.15, 0.2) is 6.61 Å². The molecule has 146 valence electrons. The molecule has 1 heterocycles.